The number of hydrogen-bond acceptors (Lipinski definition) is 2. The molecule has 2 aliphatic carbocycles. The highest BCUT2D eigenvalue weighted by Gasteiger charge is 2.56. The number of benzene rings is 8. The van der Waals surface area contributed by atoms with Gasteiger partial charge in [-0.1, -0.05) is 176 Å². The average molecular weight is 706 g/mol. The molecule has 55 heavy (non-hydrogen) atoms. The number of hydrogen-bond donors (Lipinski definition) is 1. The van der Waals surface area contributed by atoms with Crippen LogP contribution in [0.25, 0.3) is 33.4 Å². The van der Waals surface area contributed by atoms with Gasteiger partial charge < -0.3 is 10.1 Å². The highest BCUT2D eigenvalue weighted by Crippen LogP contribution is 2.62. The van der Waals surface area contributed by atoms with E-state index in [1.165, 1.54) is 72.3 Å². The molecule has 1 spiro atoms. The van der Waals surface area contributed by atoms with Crippen molar-refractivity contribution in [1.29, 1.82) is 0 Å². The summed E-state index contributed by atoms with van der Waals surface area (Å²) in [4.78, 5) is 0. The van der Waals surface area contributed by atoms with E-state index >= 15 is 0 Å². The van der Waals surface area contributed by atoms with Crippen molar-refractivity contribution >= 4 is 0 Å². The van der Waals surface area contributed by atoms with Gasteiger partial charge in [-0.3, -0.25) is 0 Å². The molecule has 11 rings (SSSR count). The Bertz CT molecular complexity index is 2670. The van der Waals surface area contributed by atoms with E-state index in [0.717, 1.165) is 24.5 Å². The Morgan fingerprint density at radius 2 is 1.02 bits per heavy atom. The van der Waals surface area contributed by atoms with Gasteiger partial charge in [0.1, 0.15) is 11.5 Å². The zero-order valence-corrected chi connectivity index (χ0v) is 30.5. The third kappa shape index (κ3) is 4.99. The lowest BCUT2D eigenvalue weighted by Gasteiger charge is -2.39. The van der Waals surface area contributed by atoms with Crippen LogP contribution in [-0.4, -0.2) is 0 Å². The van der Waals surface area contributed by atoms with Crippen molar-refractivity contribution in [3.8, 4) is 44.9 Å². The second kappa shape index (κ2) is 12.6. The number of rotatable bonds is 7. The Hall–Kier alpha value is -6.48. The molecule has 8 aromatic carbocycles. The van der Waals surface area contributed by atoms with Crippen LogP contribution in [0.5, 0.6) is 11.5 Å². The van der Waals surface area contributed by atoms with Crippen molar-refractivity contribution in [2.24, 2.45) is 0 Å². The molecule has 0 saturated heterocycles. The van der Waals surface area contributed by atoms with E-state index in [-0.39, 0.29) is 5.54 Å². The Morgan fingerprint density at radius 3 is 1.73 bits per heavy atom. The fourth-order valence-corrected chi connectivity index (χ4v) is 9.69. The number of fused-ring (bicyclic) bond motifs is 9. The molecule has 2 atom stereocenters. The lowest BCUT2D eigenvalue weighted by atomic mass is 9.66. The van der Waals surface area contributed by atoms with Crippen LogP contribution in [0.15, 0.2) is 200 Å². The van der Waals surface area contributed by atoms with Crippen LogP contribution in [0.2, 0.25) is 0 Å². The van der Waals surface area contributed by atoms with Crippen molar-refractivity contribution in [2.75, 3.05) is 0 Å². The summed E-state index contributed by atoms with van der Waals surface area (Å²) in [7, 11) is 0. The second-order valence-electron chi connectivity index (χ2n) is 15.3. The molecule has 0 radical (unpaired) electrons. The quantitative estimate of drug-likeness (QED) is 0.178. The predicted molar refractivity (Wildman–Crippen MR) is 223 cm³/mol. The Labute approximate surface area is 322 Å². The fraction of sp³-hybridized carbons (Fsp3) is 0.0943. The van der Waals surface area contributed by atoms with E-state index in [1.54, 1.807) is 0 Å². The Kier molecular flexibility index (Phi) is 7.30. The highest BCUT2D eigenvalue weighted by molar-refractivity contribution is 5.90. The van der Waals surface area contributed by atoms with Crippen molar-refractivity contribution in [3.05, 3.63) is 239 Å². The minimum absolute atomic E-state index is 0.100. The normalized spacial score (nSPS) is 18.1. The molecule has 1 aliphatic heterocycles. The topological polar surface area (TPSA) is 21.3 Å². The highest BCUT2D eigenvalue weighted by atomic mass is 16.5. The molecule has 1 unspecified atom stereocenters. The van der Waals surface area contributed by atoms with Crippen LogP contribution in [0, 0.1) is 0 Å². The van der Waals surface area contributed by atoms with Crippen LogP contribution >= 0.6 is 0 Å². The van der Waals surface area contributed by atoms with Gasteiger partial charge in [0.15, 0.2) is 0 Å². The van der Waals surface area contributed by atoms with Crippen LogP contribution in [0.3, 0.4) is 0 Å². The van der Waals surface area contributed by atoms with Gasteiger partial charge in [-0.2, -0.15) is 0 Å². The first-order valence-electron chi connectivity index (χ1n) is 19.4. The zero-order valence-electron chi connectivity index (χ0n) is 30.5. The van der Waals surface area contributed by atoms with Crippen LogP contribution in [0.4, 0.5) is 0 Å². The van der Waals surface area contributed by atoms with E-state index in [2.05, 4.69) is 206 Å². The van der Waals surface area contributed by atoms with Gasteiger partial charge in [-0.15, -0.1) is 0 Å². The van der Waals surface area contributed by atoms with Gasteiger partial charge in [0.2, 0.25) is 0 Å². The molecule has 2 nitrogen and oxygen atoms in total. The number of ether oxygens (including phenoxy) is 1. The van der Waals surface area contributed by atoms with Gasteiger partial charge in [0, 0.05) is 23.6 Å². The standard InChI is InChI=1S/C53H39NO/c1-3-14-36(15-4-1)35-54-52(34-49(52)39-16-5-2-6-17-39)42-19-13-18-40(32-42)37-26-28-38(29-27-37)41-30-31-46-44(33-41)43-20-7-8-21-45(43)53(46)47-22-9-11-24-50(47)55-51-25-12-10-23-48(51)53/h1-33,49,54H,34-35H2/t49-,52?/m0/s1. The Balaban J connectivity index is 0.948. The minimum atomic E-state index is -0.445. The van der Waals surface area contributed by atoms with E-state index in [9.17, 15) is 0 Å². The molecule has 0 bridgehead atoms. The van der Waals surface area contributed by atoms with E-state index in [1.807, 2.05) is 0 Å². The van der Waals surface area contributed by atoms with Gasteiger partial charge in [0.25, 0.3) is 0 Å². The largest absolute Gasteiger partial charge is 0.457 e. The van der Waals surface area contributed by atoms with Crippen molar-refractivity contribution in [3.63, 3.8) is 0 Å². The van der Waals surface area contributed by atoms with Crippen molar-refractivity contribution < 1.29 is 4.74 Å². The molecule has 1 heterocycles. The smallest absolute Gasteiger partial charge is 0.132 e. The van der Waals surface area contributed by atoms with Gasteiger partial charge >= 0.3 is 0 Å². The molecule has 1 N–H and O–H groups in total. The molecule has 262 valence electrons. The first kappa shape index (κ1) is 32.0. The molecule has 1 fully saturated rings. The lowest BCUT2D eigenvalue weighted by molar-refractivity contribution is 0.436. The summed E-state index contributed by atoms with van der Waals surface area (Å²) in [6.45, 7) is 0.836. The average Bonchev–Trinajstić information content (AvgIpc) is 3.94. The van der Waals surface area contributed by atoms with Crippen molar-refractivity contribution in [1.82, 2.24) is 5.32 Å². The predicted octanol–water partition coefficient (Wildman–Crippen LogP) is 12.7. The molecule has 0 aromatic heterocycles. The fourth-order valence-electron chi connectivity index (χ4n) is 9.69. The summed E-state index contributed by atoms with van der Waals surface area (Å²) in [6, 6.07) is 73.2. The van der Waals surface area contributed by atoms with Gasteiger partial charge in [-0.05, 0) is 91.9 Å². The second-order valence-corrected chi connectivity index (χ2v) is 15.3. The molecule has 3 aliphatic rings. The van der Waals surface area contributed by atoms with Crippen LogP contribution < -0.4 is 10.1 Å². The van der Waals surface area contributed by atoms with Gasteiger partial charge in [-0.25, -0.2) is 0 Å². The maximum Gasteiger partial charge on any atom is 0.132 e. The first-order chi connectivity index (χ1) is 27.2. The molecular formula is C53H39NO. The number of nitrogens with one attached hydrogen (secondary N) is 1. The molecular weight excluding hydrogens is 667 g/mol. The summed E-state index contributed by atoms with van der Waals surface area (Å²) >= 11 is 0. The summed E-state index contributed by atoms with van der Waals surface area (Å²) in [5.74, 6) is 2.27. The maximum atomic E-state index is 6.52. The molecule has 1 saturated carbocycles. The third-order valence-corrected chi connectivity index (χ3v) is 12.4. The SMILES string of the molecule is c1ccc(CNC2(c3cccc(-c4ccc(-c5ccc6c(c5)-c5ccccc5C65c6ccccc6Oc6ccccc65)cc4)c3)C[C@H]2c2ccccc2)cc1. The van der Waals surface area contributed by atoms with E-state index < -0.39 is 5.41 Å². The molecule has 8 aromatic rings. The van der Waals surface area contributed by atoms with Crippen LogP contribution in [0.1, 0.15) is 51.3 Å². The minimum Gasteiger partial charge on any atom is -0.457 e. The monoisotopic (exact) mass is 705 g/mol. The summed E-state index contributed by atoms with van der Waals surface area (Å²) in [6.07, 6.45) is 1.08. The zero-order chi connectivity index (χ0) is 36.4. The molecule has 0 amide bonds. The number of para-hydroxylation sites is 2. The summed E-state index contributed by atoms with van der Waals surface area (Å²) in [5, 5.41) is 4.01. The lowest BCUT2D eigenvalue weighted by Crippen LogP contribution is -2.32. The van der Waals surface area contributed by atoms with Gasteiger partial charge in [0.05, 0.1) is 11.0 Å². The first-order valence-corrected chi connectivity index (χ1v) is 19.4. The van der Waals surface area contributed by atoms with E-state index in [4.69, 9.17) is 4.74 Å². The van der Waals surface area contributed by atoms with E-state index in [0.29, 0.717) is 5.92 Å². The summed E-state index contributed by atoms with van der Waals surface area (Å²) in [5.41, 5.74) is 15.9. The van der Waals surface area contributed by atoms with Crippen LogP contribution in [-0.2, 0) is 17.5 Å². The Morgan fingerprint density at radius 1 is 0.455 bits per heavy atom. The van der Waals surface area contributed by atoms with Crippen molar-refractivity contribution in [2.45, 2.75) is 29.8 Å². The third-order valence-electron chi connectivity index (χ3n) is 12.4. The summed E-state index contributed by atoms with van der Waals surface area (Å²) < 4.78 is 6.52. The maximum absolute atomic E-state index is 6.52. The molecule has 2 heteroatoms.